The maximum absolute atomic E-state index is 12.3. The van der Waals surface area contributed by atoms with Crippen molar-refractivity contribution in [3.05, 3.63) is 23.8 Å². The van der Waals surface area contributed by atoms with Crippen molar-refractivity contribution in [3.63, 3.8) is 0 Å². The molecule has 4 N–H and O–H groups in total. The number of carbonyl (C=O) groups excluding carboxylic acids is 2. The summed E-state index contributed by atoms with van der Waals surface area (Å²) in [7, 11) is -1.62. The molecule has 2 unspecified atom stereocenters. The molecule has 0 aliphatic carbocycles. The van der Waals surface area contributed by atoms with Crippen LogP contribution in [0.2, 0.25) is 0 Å². The number of carbonyl (C=O) groups is 2. The largest absolute Gasteiger partial charge is 0.398 e. The lowest BCUT2D eigenvalue weighted by atomic mass is 10.2. The van der Waals surface area contributed by atoms with Gasteiger partial charge >= 0.3 is 6.03 Å². The molecule has 0 radical (unpaired) electrons. The number of nitrogens with two attached hydrogens (primary N) is 1. The van der Waals surface area contributed by atoms with Crippen LogP contribution < -0.4 is 16.4 Å². The Morgan fingerprint density at radius 1 is 1.40 bits per heavy atom. The monoisotopic (exact) mass is 297 g/mol. The van der Waals surface area contributed by atoms with E-state index in [9.17, 15) is 13.8 Å². The average molecular weight is 297 g/mol. The number of hydrogen-bond donors (Lipinski definition) is 3. The minimum atomic E-state index is -1.62. The highest BCUT2D eigenvalue weighted by molar-refractivity contribution is 7.86. The first kappa shape index (κ1) is 16.2. The number of benzene rings is 1. The summed E-state index contributed by atoms with van der Waals surface area (Å²) in [6.07, 6.45) is 0. The van der Waals surface area contributed by atoms with Gasteiger partial charge in [-0.3, -0.25) is 14.3 Å². The predicted molar refractivity (Wildman–Crippen MR) is 78.7 cm³/mol. The molecule has 0 heterocycles. The van der Waals surface area contributed by atoms with Crippen molar-refractivity contribution >= 4 is 28.4 Å². The Balaban J connectivity index is 2.84. The summed E-state index contributed by atoms with van der Waals surface area (Å²) in [5.41, 5.74) is 7.07. The maximum Gasteiger partial charge on any atom is 0.321 e. The highest BCUT2D eigenvalue weighted by atomic mass is 32.2. The molecule has 1 aromatic rings. The second kappa shape index (κ2) is 7.04. The SMILES string of the molecule is CCNC(=O)NC(=O)C(C)S(=O)c1cccc(C)c1N. The summed E-state index contributed by atoms with van der Waals surface area (Å²) in [4.78, 5) is 23.5. The van der Waals surface area contributed by atoms with Gasteiger partial charge in [-0.2, -0.15) is 0 Å². The minimum Gasteiger partial charge on any atom is -0.398 e. The van der Waals surface area contributed by atoms with Crippen molar-refractivity contribution in [2.45, 2.75) is 30.9 Å². The number of nitrogens with one attached hydrogen (secondary N) is 2. The van der Waals surface area contributed by atoms with Crippen molar-refractivity contribution in [2.24, 2.45) is 0 Å². The fourth-order valence-corrected chi connectivity index (χ4v) is 2.76. The molecule has 20 heavy (non-hydrogen) atoms. The summed E-state index contributed by atoms with van der Waals surface area (Å²) in [6, 6.07) is 4.55. The number of hydrogen-bond acceptors (Lipinski definition) is 4. The van der Waals surface area contributed by atoms with E-state index < -0.39 is 28.0 Å². The molecule has 2 atom stereocenters. The van der Waals surface area contributed by atoms with Crippen LogP contribution in [0.5, 0.6) is 0 Å². The third kappa shape index (κ3) is 3.80. The van der Waals surface area contributed by atoms with E-state index >= 15 is 0 Å². The van der Waals surface area contributed by atoms with E-state index in [1.807, 2.05) is 0 Å². The van der Waals surface area contributed by atoms with Gasteiger partial charge in [0.25, 0.3) is 0 Å². The fourth-order valence-electron chi connectivity index (χ4n) is 1.54. The lowest BCUT2D eigenvalue weighted by Gasteiger charge is -2.14. The average Bonchev–Trinajstić information content (AvgIpc) is 2.40. The van der Waals surface area contributed by atoms with Crippen molar-refractivity contribution in [2.75, 3.05) is 12.3 Å². The van der Waals surface area contributed by atoms with Gasteiger partial charge in [-0.1, -0.05) is 12.1 Å². The molecule has 6 nitrogen and oxygen atoms in total. The van der Waals surface area contributed by atoms with Crippen LogP contribution in [0.15, 0.2) is 23.1 Å². The Kier molecular flexibility index (Phi) is 5.69. The van der Waals surface area contributed by atoms with Crippen molar-refractivity contribution in [1.29, 1.82) is 0 Å². The number of nitrogen functional groups attached to an aromatic ring is 1. The third-order valence-corrected chi connectivity index (χ3v) is 4.41. The van der Waals surface area contributed by atoms with E-state index in [0.717, 1.165) is 5.56 Å². The van der Waals surface area contributed by atoms with Gasteiger partial charge in [0.15, 0.2) is 0 Å². The number of aryl methyl sites for hydroxylation is 1. The van der Waals surface area contributed by atoms with E-state index in [2.05, 4.69) is 10.6 Å². The van der Waals surface area contributed by atoms with Crippen LogP contribution in [0.3, 0.4) is 0 Å². The van der Waals surface area contributed by atoms with E-state index in [0.29, 0.717) is 17.1 Å². The normalized spacial score (nSPS) is 13.3. The quantitative estimate of drug-likeness (QED) is 0.719. The Morgan fingerprint density at radius 3 is 2.65 bits per heavy atom. The molecule has 0 aromatic heterocycles. The van der Waals surface area contributed by atoms with Crippen molar-refractivity contribution in [3.8, 4) is 0 Å². The lowest BCUT2D eigenvalue weighted by Crippen LogP contribution is -2.44. The smallest absolute Gasteiger partial charge is 0.321 e. The summed E-state index contributed by atoms with van der Waals surface area (Å²) in [6.45, 7) is 5.43. The molecule has 0 spiro atoms. The van der Waals surface area contributed by atoms with Crippen LogP contribution >= 0.6 is 0 Å². The molecular weight excluding hydrogens is 278 g/mol. The Bertz CT molecular complexity index is 546. The summed E-state index contributed by atoms with van der Waals surface area (Å²) in [5, 5.41) is 3.71. The van der Waals surface area contributed by atoms with Gasteiger partial charge in [-0.25, -0.2) is 4.79 Å². The first-order valence-electron chi connectivity index (χ1n) is 6.22. The Morgan fingerprint density at radius 2 is 2.05 bits per heavy atom. The van der Waals surface area contributed by atoms with Crippen LogP contribution in [0.4, 0.5) is 10.5 Å². The van der Waals surface area contributed by atoms with E-state index in [1.54, 1.807) is 32.0 Å². The number of urea groups is 1. The summed E-state index contributed by atoms with van der Waals surface area (Å²) < 4.78 is 12.3. The van der Waals surface area contributed by atoms with Crippen molar-refractivity contribution < 1.29 is 13.8 Å². The zero-order chi connectivity index (χ0) is 15.3. The fraction of sp³-hybridized carbons (Fsp3) is 0.385. The van der Waals surface area contributed by atoms with Gasteiger partial charge in [0.05, 0.1) is 21.4 Å². The molecule has 0 saturated carbocycles. The zero-order valence-electron chi connectivity index (χ0n) is 11.7. The molecule has 0 fully saturated rings. The highest BCUT2D eigenvalue weighted by Gasteiger charge is 2.24. The molecule has 0 saturated heterocycles. The highest BCUT2D eigenvalue weighted by Crippen LogP contribution is 2.22. The van der Waals surface area contributed by atoms with E-state index in [1.165, 1.54) is 6.92 Å². The van der Waals surface area contributed by atoms with Gasteiger partial charge in [0.1, 0.15) is 5.25 Å². The van der Waals surface area contributed by atoms with Crippen molar-refractivity contribution in [1.82, 2.24) is 10.6 Å². The van der Waals surface area contributed by atoms with Gasteiger partial charge in [0, 0.05) is 6.54 Å². The molecule has 110 valence electrons. The molecule has 1 aromatic carbocycles. The van der Waals surface area contributed by atoms with Gasteiger partial charge in [-0.15, -0.1) is 0 Å². The van der Waals surface area contributed by atoms with E-state index in [4.69, 9.17) is 5.73 Å². The molecule has 1 rings (SSSR count). The van der Waals surface area contributed by atoms with Gasteiger partial charge < -0.3 is 11.1 Å². The molecule has 7 heteroatoms. The van der Waals surface area contributed by atoms with Crippen LogP contribution in [0.25, 0.3) is 0 Å². The predicted octanol–water partition coefficient (Wildman–Crippen LogP) is 0.919. The Labute approximate surface area is 120 Å². The number of para-hydroxylation sites is 1. The van der Waals surface area contributed by atoms with Crippen LogP contribution in [-0.2, 0) is 15.6 Å². The number of imide groups is 1. The summed E-state index contributed by atoms with van der Waals surface area (Å²) in [5.74, 6) is -0.602. The zero-order valence-corrected chi connectivity index (χ0v) is 12.5. The Hall–Kier alpha value is -1.89. The minimum absolute atomic E-state index is 0.404. The van der Waals surface area contributed by atoms with Crippen LogP contribution in [0.1, 0.15) is 19.4 Å². The molecular formula is C13H19N3O3S. The van der Waals surface area contributed by atoms with Crippen LogP contribution in [-0.4, -0.2) is 27.9 Å². The third-order valence-electron chi connectivity index (χ3n) is 2.77. The first-order chi connectivity index (χ1) is 9.38. The second-order valence-electron chi connectivity index (χ2n) is 4.28. The van der Waals surface area contributed by atoms with Gasteiger partial charge in [-0.05, 0) is 32.4 Å². The molecule has 0 bridgehead atoms. The molecule has 0 aliphatic rings. The summed E-state index contributed by atoms with van der Waals surface area (Å²) >= 11 is 0. The number of amides is 3. The van der Waals surface area contributed by atoms with Gasteiger partial charge in [0.2, 0.25) is 5.91 Å². The maximum atomic E-state index is 12.3. The molecule has 3 amide bonds. The van der Waals surface area contributed by atoms with Crippen LogP contribution in [0, 0.1) is 6.92 Å². The number of rotatable bonds is 4. The molecule has 0 aliphatic heterocycles. The topological polar surface area (TPSA) is 101 Å². The standard InChI is InChI=1S/C13H19N3O3S/c1-4-15-13(18)16-12(17)9(3)20(19)10-7-5-6-8(2)11(10)14/h5-7,9H,4,14H2,1-3H3,(H2,15,16,17,18). The van der Waals surface area contributed by atoms with E-state index in [-0.39, 0.29) is 0 Å². The number of anilines is 1. The first-order valence-corrected chi connectivity index (χ1v) is 7.44. The lowest BCUT2D eigenvalue weighted by molar-refractivity contribution is -0.119. The second-order valence-corrected chi connectivity index (χ2v) is 6.02.